The van der Waals surface area contributed by atoms with Gasteiger partial charge >= 0.3 is 0 Å². The molecule has 1 aliphatic heterocycles. The minimum atomic E-state index is -0.130. The number of nitrogens with zero attached hydrogens (tertiary/aromatic N) is 2. The Morgan fingerprint density at radius 3 is 2.39 bits per heavy atom. The van der Waals surface area contributed by atoms with E-state index in [9.17, 15) is 4.79 Å². The van der Waals surface area contributed by atoms with Crippen LogP contribution in [0.4, 0.5) is 5.69 Å². The van der Waals surface area contributed by atoms with Gasteiger partial charge in [0.15, 0.2) is 16.7 Å². The molecular formula is C29H29BrN2O5S. The maximum absolute atomic E-state index is 13.3. The number of amides is 1. The molecule has 0 spiro atoms. The summed E-state index contributed by atoms with van der Waals surface area (Å²) in [6.45, 7) is 3.25. The van der Waals surface area contributed by atoms with Crippen molar-refractivity contribution in [3.8, 4) is 17.2 Å². The van der Waals surface area contributed by atoms with Crippen molar-refractivity contribution in [2.75, 3.05) is 34.5 Å². The lowest BCUT2D eigenvalue weighted by Gasteiger charge is -2.15. The third kappa shape index (κ3) is 6.78. The molecule has 3 aromatic carbocycles. The molecule has 0 saturated carbocycles. The number of carbonyl (C=O) groups excluding carboxylic acids is 1. The van der Waals surface area contributed by atoms with Gasteiger partial charge in [0.1, 0.15) is 12.4 Å². The van der Waals surface area contributed by atoms with Gasteiger partial charge in [0.05, 0.1) is 42.4 Å². The summed E-state index contributed by atoms with van der Waals surface area (Å²) in [6.07, 6.45) is 1.83. The molecular weight excluding hydrogens is 568 g/mol. The first-order valence-electron chi connectivity index (χ1n) is 11.9. The number of rotatable bonds is 10. The third-order valence-electron chi connectivity index (χ3n) is 5.76. The fourth-order valence-electron chi connectivity index (χ4n) is 3.69. The second-order valence-electron chi connectivity index (χ2n) is 8.46. The molecule has 0 radical (unpaired) electrons. The Morgan fingerprint density at radius 1 is 1.00 bits per heavy atom. The van der Waals surface area contributed by atoms with Crippen LogP contribution in [0.5, 0.6) is 17.2 Å². The number of carbonyl (C=O) groups is 1. The van der Waals surface area contributed by atoms with Gasteiger partial charge in [-0.05, 0) is 88.2 Å². The predicted molar refractivity (Wildman–Crippen MR) is 155 cm³/mol. The molecule has 1 heterocycles. The summed E-state index contributed by atoms with van der Waals surface area (Å²) in [5, 5.41) is 0.590. The van der Waals surface area contributed by atoms with Crippen molar-refractivity contribution in [3.63, 3.8) is 0 Å². The molecule has 4 rings (SSSR count). The van der Waals surface area contributed by atoms with Crippen LogP contribution in [0.2, 0.25) is 0 Å². The number of aryl methyl sites for hydroxylation is 1. The zero-order chi connectivity index (χ0) is 27.1. The zero-order valence-electron chi connectivity index (χ0n) is 21.7. The molecule has 1 saturated heterocycles. The highest BCUT2D eigenvalue weighted by Crippen LogP contribution is 2.40. The summed E-state index contributed by atoms with van der Waals surface area (Å²) < 4.78 is 22.9. The van der Waals surface area contributed by atoms with E-state index >= 15 is 0 Å². The summed E-state index contributed by atoms with van der Waals surface area (Å²) in [5.74, 6) is 1.78. The number of benzene rings is 3. The SMILES string of the molecule is COCCN1C(=O)/C(=C/c2cc(Br)c(OCc3ccc(C)cc3)c(OC)c2)SC1=Nc1ccc(OC)cc1. The lowest BCUT2D eigenvalue weighted by Crippen LogP contribution is -2.32. The molecule has 0 unspecified atom stereocenters. The van der Waals surface area contributed by atoms with Gasteiger partial charge in [0, 0.05) is 7.11 Å². The maximum Gasteiger partial charge on any atom is 0.266 e. The van der Waals surface area contributed by atoms with Crippen molar-refractivity contribution in [2.45, 2.75) is 13.5 Å². The third-order valence-corrected chi connectivity index (χ3v) is 7.35. The van der Waals surface area contributed by atoms with E-state index in [0.29, 0.717) is 41.3 Å². The molecule has 1 amide bonds. The second-order valence-corrected chi connectivity index (χ2v) is 10.3. The molecule has 0 bridgehead atoms. The van der Waals surface area contributed by atoms with Gasteiger partial charge in [-0.15, -0.1) is 0 Å². The van der Waals surface area contributed by atoms with Crippen LogP contribution in [0, 0.1) is 6.92 Å². The number of hydrogen-bond donors (Lipinski definition) is 0. The lowest BCUT2D eigenvalue weighted by molar-refractivity contribution is -0.122. The second kappa shape index (κ2) is 13.0. The standard InChI is InChI=1S/C29H29BrN2O5S/c1-19-5-7-20(8-6-19)18-37-27-24(30)15-21(16-25(27)36-4)17-26-28(33)32(13-14-34-2)29(38-26)31-22-9-11-23(35-3)12-10-22/h5-12,15-17H,13-14,18H2,1-4H3/b26-17-,31-29?. The van der Waals surface area contributed by atoms with Gasteiger partial charge in [0.25, 0.3) is 5.91 Å². The first-order valence-corrected chi connectivity index (χ1v) is 13.5. The highest BCUT2D eigenvalue weighted by molar-refractivity contribution is 9.10. The van der Waals surface area contributed by atoms with E-state index in [4.69, 9.17) is 23.9 Å². The fraction of sp³-hybridized carbons (Fsp3) is 0.241. The molecule has 1 fully saturated rings. The predicted octanol–water partition coefficient (Wildman–Crippen LogP) is 6.60. The van der Waals surface area contributed by atoms with Crippen molar-refractivity contribution in [3.05, 3.63) is 86.7 Å². The molecule has 1 aliphatic rings. The highest BCUT2D eigenvalue weighted by atomic mass is 79.9. The van der Waals surface area contributed by atoms with Crippen LogP contribution in [0.25, 0.3) is 6.08 Å². The first kappa shape index (κ1) is 27.8. The Balaban J connectivity index is 1.59. The number of thioether (sulfide) groups is 1. The lowest BCUT2D eigenvalue weighted by atomic mass is 10.1. The highest BCUT2D eigenvalue weighted by Gasteiger charge is 2.33. The molecule has 0 N–H and O–H groups in total. The monoisotopic (exact) mass is 596 g/mol. The topological polar surface area (TPSA) is 69.6 Å². The van der Waals surface area contributed by atoms with Crippen LogP contribution in [-0.4, -0.2) is 50.5 Å². The number of amidine groups is 1. The average Bonchev–Trinajstić information content (AvgIpc) is 3.21. The maximum atomic E-state index is 13.3. The molecule has 0 atom stereocenters. The summed E-state index contributed by atoms with van der Waals surface area (Å²) in [7, 11) is 4.82. The molecule has 3 aromatic rings. The van der Waals surface area contributed by atoms with E-state index in [-0.39, 0.29) is 5.91 Å². The minimum absolute atomic E-state index is 0.130. The number of methoxy groups -OCH3 is 3. The summed E-state index contributed by atoms with van der Waals surface area (Å²) in [6, 6.07) is 19.3. The zero-order valence-corrected chi connectivity index (χ0v) is 24.1. The van der Waals surface area contributed by atoms with Gasteiger partial charge in [-0.1, -0.05) is 29.8 Å². The fourth-order valence-corrected chi connectivity index (χ4v) is 5.29. The van der Waals surface area contributed by atoms with Gasteiger partial charge in [-0.3, -0.25) is 9.69 Å². The summed E-state index contributed by atoms with van der Waals surface area (Å²) in [4.78, 5) is 20.2. The normalized spacial score (nSPS) is 15.4. The van der Waals surface area contributed by atoms with Crippen molar-refractivity contribution in [1.82, 2.24) is 4.90 Å². The Labute approximate surface area is 235 Å². The van der Waals surface area contributed by atoms with E-state index in [0.717, 1.165) is 27.0 Å². The van der Waals surface area contributed by atoms with Gasteiger partial charge < -0.3 is 18.9 Å². The number of hydrogen-bond acceptors (Lipinski definition) is 7. The molecule has 7 nitrogen and oxygen atoms in total. The smallest absolute Gasteiger partial charge is 0.266 e. The van der Waals surface area contributed by atoms with Crippen LogP contribution in [0.15, 0.2) is 75.0 Å². The van der Waals surface area contributed by atoms with Crippen molar-refractivity contribution in [1.29, 1.82) is 0 Å². The number of ether oxygens (including phenoxy) is 4. The number of halogens is 1. The Bertz CT molecular complexity index is 1340. The summed E-state index contributed by atoms with van der Waals surface area (Å²) in [5.41, 5.74) is 3.78. The molecule has 0 aromatic heterocycles. The summed E-state index contributed by atoms with van der Waals surface area (Å²) >= 11 is 4.94. The number of aliphatic imine (C=N–C) groups is 1. The van der Waals surface area contributed by atoms with E-state index in [1.54, 1.807) is 26.2 Å². The van der Waals surface area contributed by atoms with Gasteiger partial charge in [-0.25, -0.2) is 4.99 Å². The van der Waals surface area contributed by atoms with Crippen LogP contribution < -0.4 is 14.2 Å². The van der Waals surface area contributed by atoms with Crippen molar-refractivity contribution in [2.24, 2.45) is 4.99 Å². The Morgan fingerprint density at radius 2 is 1.74 bits per heavy atom. The molecule has 0 aliphatic carbocycles. The van der Waals surface area contributed by atoms with Gasteiger partial charge in [0.2, 0.25) is 0 Å². The van der Waals surface area contributed by atoms with Crippen molar-refractivity contribution < 1.29 is 23.7 Å². The van der Waals surface area contributed by atoms with E-state index in [1.165, 1.54) is 17.3 Å². The Kier molecular flexibility index (Phi) is 9.49. The van der Waals surface area contributed by atoms with Crippen molar-refractivity contribution >= 4 is 50.5 Å². The van der Waals surface area contributed by atoms with Crippen LogP contribution in [-0.2, 0) is 16.1 Å². The van der Waals surface area contributed by atoms with E-state index in [1.807, 2.05) is 54.6 Å². The molecule has 38 heavy (non-hydrogen) atoms. The molecule has 198 valence electrons. The quantitative estimate of drug-likeness (QED) is 0.245. The van der Waals surface area contributed by atoms with Crippen LogP contribution in [0.1, 0.15) is 16.7 Å². The van der Waals surface area contributed by atoms with Crippen LogP contribution in [0.3, 0.4) is 0 Å². The largest absolute Gasteiger partial charge is 0.497 e. The van der Waals surface area contributed by atoms with Gasteiger partial charge in [-0.2, -0.15) is 0 Å². The average molecular weight is 598 g/mol. The van der Waals surface area contributed by atoms with Crippen LogP contribution >= 0.6 is 27.7 Å². The molecule has 9 heteroatoms. The van der Waals surface area contributed by atoms with E-state index in [2.05, 4.69) is 35.0 Å². The van der Waals surface area contributed by atoms with E-state index < -0.39 is 0 Å². The first-order chi connectivity index (χ1) is 18.4. The minimum Gasteiger partial charge on any atom is -0.497 e. The Hall–Kier alpha value is -3.27.